The molecule has 0 aromatic heterocycles. The van der Waals surface area contributed by atoms with Crippen LogP contribution in [-0.4, -0.2) is 77.6 Å². The monoisotopic (exact) mass is 336 g/mol. The third kappa shape index (κ3) is 19.2. The van der Waals surface area contributed by atoms with Gasteiger partial charge in [0.2, 0.25) is 0 Å². The van der Waals surface area contributed by atoms with Gasteiger partial charge in [-0.25, -0.2) is 4.79 Å². The summed E-state index contributed by atoms with van der Waals surface area (Å²) in [4.78, 5) is 11.3. The highest BCUT2D eigenvalue weighted by Crippen LogP contribution is 2.06. The molecule has 0 aromatic carbocycles. The van der Waals surface area contributed by atoms with Crippen molar-refractivity contribution in [2.24, 2.45) is 0 Å². The van der Waals surface area contributed by atoms with Gasteiger partial charge in [-0.15, -0.1) is 0 Å². The van der Waals surface area contributed by atoms with Crippen molar-refractivity contribution in [1.82, 2.24) is 0 Å². The highest BCUT2D eigenvalue weighted by Gasteiger charge is 2.15. The summed E-state index contributed by atoms with van der Waals surface area (Å²) < 4.78 is 31.3. The van der Waals surface area contributed by atoms with Crippen LogP contribution in [0, 0.1) is 0 Å². The number of hydrogen-bond acceptors (Lipinski definition) is 7. The van der Waals surface area contributed by atoms with Crippen LogP contribution in [0.1, 0.15) is 27.7 Å². The lowest BCUT2D eigenvalue weighted by Gasteiger charge is -2.19. The summed E-state index contributed by atoms with van der Waals surface area (Å²) in [6.07, 6.45) is 0. The molecule has 0 aliphatic heterocycles. The van der Waals surface area contributed by atoms with Gasteiger partial charge in [-0.1, -0.05) is 0 Å². The normalized spacial score (nSPS) is 11.7. The molecule has 0 fully saturated rings. The molecule has 0 unspecified atom stereocenters. The van der Waals surface area contributed by atoms with Gasteiger partial charge in [0.1, 0.15) is 12.2 Å². The van der Waals surface area contributed by atoms with Crippen LogP contribution in [0.4, 0.5) is 0 Å². The third-order valence-corrected chi connectivity index (χ3v) is 2.33. The van der Waals surface area contributed by atoms with E-state index in [1.807, 2.05) is 27.7 Å². The molecule has 0 amide bonds. The van der Waals surface area contributed by atoms with Gasteiger partial charge in [0.25, 0.3) is 0 Å². The van der Waals surface area contributed by atoms with Crippen LogP contribution in [-0.2, 0) is 33.2 Å². The van der Waals surface area contributed by atoms with Crippen LogP contribution in [0.5, 0.6) is 0 Å². The zero-order valence-electron chi connectivity index (χ0n) is 14.9. The van der Waals surface area contributed by atoms with E-state index in [4.69, 9.17) is 28.4 Å². The quantitative estimate of drug-likeness (QED) is 0.331. The zero-order valence-corrected chi connectivity index (χ0v) is 14.9. The molecule has 0 aromatic rings. The maximum absolute atomic E-state index is 11.3. The summed E-state index contributed by atoms with van der Waals surface area (Å²) in [6.45, 7) is 12.1. The molecule has 0 bridgehead atoms. The fourth-order valence-corrected chi connectivity index (χ4v) is 1.45. The van der Waals surface area contributed by atoms with Crippen molar-refractivity contribution in [2.75, 3.05) is 66.1 Å². The van der Waals surface area contributed by atoms with E-state index in [9.17, 15) is 4.79 Å². The average Bonchev–Trinajstić information content (AvgIpc) is 2.46. The second kappa shape index (κ2) is 14.8. The predicted octanol–water partition coefficient (Wildman–Crippen LogP) is 1.43. The summed E-state index contributed by atoms with van der Waals surface area (Å²) in [5, 5.41) is 0. The van der Waals surface area contributed by atoms with Gasteiger partial charge < -0.3 is 28.4 Å². The highest BCUT2D eigenvalue weighted by atomic mass is 16.6. The highest BCUT2D eigenvalue weighted by molar-refractivity contribution is 5.71. The predicted molar refractivity (Wildman–Crippen MR) is 85.6 cm³/mol. The van der Waals surface area contributed by atoms with E-state index in [0.717, 1.165) is 0 Å². The van der Waals surface area contributed by atoms with E-state index in [0.29, 0.717) is 59.5 Å². The Labute approximate surface area is 139 Å². The van der Waals surface area contributed by atoms with Gasteiger partial charge in [-0.05, 0) is 27.7 Å². The molecule has 0 radical (unpaired) electrons. The second-order valence-corrected chi connectivity index (χ2v) is 5.67. The zero-order chi connectivity index (χ0) is 17.4. The van der Waals surface area contributed by atoms with Gasteiger partial charge in [0.05, 0.1) is 52.9 Å². The molecule has 0 N–H and O–H groups in total. The first-order chi connectivity index (χ1) is 11.0. The first-order valence-electron chi connectivity index (χ1n) is 8.06. The Hall–Kier alpha value is -0.730. The molecular formula is C16H32O7. The fraction of sp³-hybridized carbons (Fsp3) is 0.938. The molecule has 7 heteroatoms. The molecule has 23 heavy (non-hydrogen) atoms. The Morgan fingerprint density at radius 2 is 1.09 bits per heavy atom. The first kappa shape index (κ1) is 22.3. The Bertz CT molecular complexity index is 276. The van der Waals surface area contributed by atoms with Crippen LogP contribution in [0.15, 0.2) is 0 Å². The van der Waals surface area contributed by atoms with Crippen molar-refractivity contribution in [3.63, 3.8) is 0 Å². The number of carbonyl (C=O) groups excluding carboxylic acids is 1. The maximum atomic E-state index is 11.3. The standard InChI is InChI=1S/C16H32O7/c1-5-18-6-7-19-8-9-20-10-11-21-12-13-22-14-15(17)23-16(2,3)4/h5-14H2,1-4H3. The second-order valence-electron chi connectivity index (χ2n) is 5.67. The van der Waals surface area contributed by atoms with E-state index >= 15 is 0 Å². The lowest BCUT2D eigenvalue weighted by molar-refractivity contribution is -0.160. The van der Waals surface area contributed by atoms with Gasteiger partial charge in [-0.3, -0.25) is 0 Å². The first-order valence-corrected chi connectivity index (χ1v) is 8.06. The van der Waals surface area contributed by atoms with Crippen LogP contribution in [0.3, 0.4) is 0 Å². The number of ether oxygens (including phenoxy) is 6. The van der Waals surface area contributed by atoms with E-state index in [1.54, 1.807) is 0 Å². The summed E-state index contributed by atoms with van der Waals surface area (Å²) in [7, 11) is 0. The minimum Gasteiger partial charge on any atom is -0.458 e. The van der Waals surface area contributed by atoms with Crippen LogP contribution in [0.2, 0.25) is 0 Å². The van der Waals surface area contributed by atoms with Crippen molar-refractivity contribution in [3.05, 3.63) is 0 Å². The molecule has 0 aliphatic rings. The minimum absolute atomic E-state index is 0.0593. The molecule has 0 atom stereocenters. The molecular weight excluding hydrogens is 304 g/mol. The average molecular weight is 336 g/mol. The molecule has 0 rings (SSSR count). The lowest BCUT2D eigenvalue weighted by Crippen LogP contribution is -2.27. The number of carbonyl (C=O) groups is 1. The SMILES string of the molecule is CCOCCOCCOCCOCCOCC(=O)OC(C)(C)C. The summed E-state index contributed by atoms with van der Waals surface area (Å²) in [5.74, 6) is -0.370. The molecule has 0 aliphatic carbocycles. The molecule has 7 nitrogen and oxygen atoms in total. The van der Waals surface area contributed by atoms with Gasteiger partial charge >= 0.3 is 5.97 Å². The van der Waals surface area contributed by atoms with E-state index < -0.39 is 5.60 Å². The molecule has 0 saturated heterocycles. The summed E-state index contributed by atoms with van der Waals surface area (Å²) in [5.41, 5.74) is -0.485. The molecule has 0 spiro atoms. The Morgan fingerprint density at radius 3 is 1.48 bits per heavy atom. The smallest absolute Gasteiger partial charge is 0.332 e. The van der Waals surface area contributed by atoms with Crippen molar-refractivity contribution in [2.45, 2.75) is 33.3 Å². The van der Waals surface area contributed by atoms with Crippen LogP contribution >= 0.6 is 0 Å². The van der Waals surface area contributed by atoms with Crippen molar-refractivity contribution >= 4 is 5.97 Å². The summed E-state index contributed by atoms with van der Waals surface area (Å²) in [6, 6.07) is 0. The minimum atomic E-state index is -0.485. The molecule has 138 valence electrons. The van der Waals surface area contributed by atoms with Crippen molar-refractivity contribution < 1.29 is 33.2 Å². The van der Waals surface area contributed by atoms with Crippen molar-refractivity contribution in [1.29, 1.82) is 0 Å². The van der Waals surface area contributed by atoms with Gasteiger partial charge in [-0.2, -0.15) is 0 Å². The number of esters is 1. The maximum Gasteiger partial charge on any atom is 0.332 e. The largest absolute Gasteiger partial charge is 0.458 e. The topological polar surface area (TPSA) is 72.5 Å². The fourth-order valence-electron chi connectivity index (χ4n) is 1.45. The summed E-state index contributed by atoms with van der Waals surface area (Å²) >= 11 is 0. The van der Waals surface area contributed by atoms with E-state index in [1.165, 1.54) is 0 Å². The van der Waals surface area contributed by atoms with Gasteiger partial charge in [0, 0.05) is 6.61 Å². The Morgan fingerprint density at radius 1 is 0.696 bits per heavy atom. The Balaban J connectivity index is 3.15. The van der Waals surface area contributed by atoms with E-state index in [-0.39, 0.29) is 12.6 Å². The van der Waals surface area contributed by atoms with Crippen LogP contribution in [0.25, 0.3) is 0 Å². The Kier molecular flexibility index (Phi) is 14.4. The van der Waals surface area contributed by atoms with Crippen molar-refractivity contribution in [3.8, 4) is 0 Å². The van der Waals surface area contributed by atoms with Crippen LogP contribution < -0.4 is 0 Å². The number of rotatable bonds is 15. The van der Waals surface area contributed by atoms with Gasteiger partial charge in [0.15, 0.2) is 0 Å². The third-order valence-electron chi connectivity index (χ3n) is 2.33. The number of hydrogen-bond donors (Lipinski definition) is 0. The lowest BCUT2D eigenvalue weighted by atomic mass is 10.2. The molecule has 0 heterocycles. The molecule has 0 saturated carbocycles. The van der Waals surface area contributed by atoms with E-state index in [2.05, 4.69) is 0 Å².